The first kappa shape index (κ1) is 25.3. The number of rotatable bonds is 12. The molecule has 2 aromatic rings. The van der Waals surface area contributed by atoms with Gasteiger partial charge >= 0.3 is 5.97 Å². The molecule has 1 heterocycles. The fraction of sp³-hybridized carbons (Fsp3) is 0.500. The molecule has 0 amide bonds. The number of anilines is 2. The molecule has 0 aliphatic heterocycles. The van der Waals surface area contributed by atoms with Crippen LogP contribution in [0.1, 0.15) is 52.1 Å². The Kier molecular flexibility index (Phi) is 10.1. The van der Waals surface area contributed by atoms with Gasteiger partial charge in [0.2, 0.25) is 5.95 Å². The summed E-state index contributed by atoms with van der Waals surface area (Å²) >= 11 is 6.37. The number of carbonyl (C=O) groups excluding carboxylic acids is 1. The van der Waals surface area contributed by atoms with Crippen molar-refractivity contribution >= 4 is 35.0 Å². The van der Waals surface area contributed by atoms with Crippen LogP contribution in [0.5, 0.6) is 0 Å². The van der Waals surface area contributed by atoms with E-state index in [-0.39, 0.29) is 18.5 Å². The van der Waals surface area contributed by atoms with Gasteiger partial charge in [0.05, 0.1) is 17.3 Å². The van der Waals surface area contributed by atoms with Gasteiger partial charge in [0.1, 0.15) is 18.1 Å². The number of nitrogen functional groups attached to an aromatic ring is 2. The molecule has 9 nitrogen and oxygen atoms in total. The van der Waals surface area contributed by atoms with Crippen molar-refractivity contribution in [2.24, 2.45) is 10.3 Å². The van der Waals surface area contributed by atoms with Gasteiger partial charge in [-0.1, -0.05) is 50.1 Å². The molecule has 32 heavy (non-hydrogen) atoms. The van der Waals surface area contributed by atoms with E-state index in [4.69, 9.17) is 27.8 Å². The van der Waals surface area contributed by atoms with Gasteiger partial charge in [-0.25, -0.2) is 4.98 Å². The van der Waals surface area contributed by atoms with Crippen LogP contribution in [0.25, 0.3) is 11.1 Å². The Hall–Kier alpha value is -2.94. The second kappa shape index (κ2) is 12.8. The minimum Gasteiger partial charge on any atom is -0.464 e. The quantitative estimate of drug-likeness (QED) is 0.259. The van der Waals surface area contributed by atoms with Crippen molar-refractivity contribution in [3.05, 3.63) is 28.9 Å². The standard InChI is InChI=1S/C22H32ClN7O2/c1-4-7-11-30(12-13-32-19(31)8-5-2)29-28-18-14-15(9-10-16(18)23)20-17(6-3)26-22(25)27-21(20)24/h9-10,14H,4-8,11-13H2,1-3H3,(H4,24,25,26,27). The number of ether oxygens (including phenoxy) is 1. The van der Waals surface area contributed by atoms with Crippen molar-refractivity contribution < 1.29 is 9.53 Å². The Balaban J connectivity index is 2.23. The van der Waals surface area contributed by atoms with Gasteiger partial charge in [-0.05, 0) is 37.0 Å². The van der Waals surface area contributed by atoms with Crippen LogP contribution in [0.15, 0.2) is 28.5 Å². The van der Waals surface area contributed by atoms with Gasteiger partial charge < -0.3 is 16.2 Å². The average Bonchev–Trinajstić information content (AvgIpc) is 2.76. The Morgan fingerprint density at radius 2 is 1.94 bits per heavy atom. The molecule has 0 aliphatic rings. The molecule has 0 saturated carbocycles. The number of nitrogens with zero attached hydrogens (tertiary/aromatic N) is 5. The number of benzene rings is 1. The molecule has 0 radical (unpaired) electrons. The molecule has 0 spiro atoms. The summed E-state index contributed by atoms with van der Waals surface area (Å²) in [5.41, 5.74) is 14.6. The molecule has 2 rings (SSSR count). The second-order valence-electron chi connectivity index (χ2n) is 7.28. The molecule has 10 heteroatoms. The SMILES string of the molecule is CCCCN(CCOC(=O)CCC)N=Nc1cc(-c2c(N)nc(N)nc2CC)ccc1Cl. The lowest BCUT2D eigenvalue weighted by molar-refractivity contribution is -0.144. The highest BCUT2D eigenvalue weighted by molar-refractivity contribution is 6.33. The smallest absolute Gasteiger partial charge is 0.305 e. The lowest BCUT2D eigenvalue weighted by atomic mass is 10.0. The van der Waals surface area contributed by atoms with E-state index in [9.17, 15) is 4.79 Å². The largest absolute Gasteiger partial charge is 0.464 e. The number of nitrogens with two attached hydrogens (primary N) is 2. The second-order valence-corrected chi connectivity index (χ2v) is 7.68. The molecule has 4 N–H and O–H groups in total. The van der Waals surface area contributed by atoms with Gasteiger partial charge in [-0.3, -0.25) is 9.80 Å². The van der Waals surface area contributed by atoms with Crippen LogP contribution < -0.4 is 11.5 Å². The van der Waals surface area contributed by atoms with E-state index in [1.165, 1.54) is 0 Å². The summed E-state index contributed by atoms with van der Waals surface area (Å²) in [5.74, 6) is 0.242. The maximum Gasteiger partial charge on any atom is 0.305 e. The van der Waals surface area contributed by atoms with Gasteiger partial charge in [0.15, 0.2) is 0 Å². The topological polar surface area (TPSA) is 132 Å². The summed E-state index contributed by atoms with van der Waals surface area (Å²) < 4.78 is 5.25. The lowest BCUT2D eigenvalue weighted by Gasteiger charge is -2.17. The van der Waals surface area contributed by atoms with Crippen molar-refractivity contribution in [2.45, 2.75) is 52.9 Å². The monoisotopic (exact) mass is 461 g/mol. The fourth-order valence-corrected chi connectivity index (χ4v) is 3.21. The maximum atomic E-state index is 11.6. The van der Waals surface area contributed by atoms with Crippen molar-refractivity contribution in [1.29, 1.82) is 0 Å². The Labute approximate surface area is 194 Å². The Bertz CT molecular complexity index is 937. The van der Waals surface area contributed by atoms with Gasteiger partial charge in [-0.2, -0.15) is 4.98 Å². The van der Waals surface area contributed by atoms with E-state index in [1.807, 2.05) is 19.9 Å². The highest BCUT2D eigenvalue weighted by Gasteiger charge is 2.14. The lowest BCUT2D eigenvalue weighted by Crippen LogP contribution is -2.24. The third-order valence-corrected chi connectivity index (χ3v) is 5.03. The van der Waals surface area contributed by atoms with E-state index < -0.39 is 0 Å². The Morgan fingerprint density at radius 1 is 1.16 bits per heavy atom. The molecular formula is C22H32ClN7O2. The molecule has 0 fully saturated rings. The summed E-state index contributed by atoms with van der Waals surface area (Å²) in [6.07, 6.45) is 3.77. The number of carbonyl (C=O) groups is 1. The number of hydrogen-bond acceptors (Lipinski definition) is 8. The number of hydrogen-bond donors (Lipinski definition) is 2. The van der Waals surface area contributed by atoms with E-state index in [0.717, 1.165) is 30.5 Å². The van der Waals surface area contributed by atoms with Crippen LogP contribution in [-0.2, 0) is 16.0 Å². The molecular weight excluding hydrogens is 430 g/mol. The minimum absolute atomic E-state index is 0.142. The molecule has 1 aromatic heterocycles. The predicted molar refractivity (Wildman–Crippen MR) is 128 cm³/mol. The molecule has 1 aromatic carbocycles. The van der Waals surface area contributed by atoms with Crippen LogP contribution in [0.4, 0.5) is 17.5 Å². The first-order valence-electron chi connectivity index (χ1n) is 10.9. The van der Waals surface area contributed by atoms with E-state index in [0.29, 0.717) is 48.0 Å². The number of aryl methyl sites for hydroxylation is 1. The third-order valence-electron chi connectivity index (χ3n) is 4.71. The van der Waals surface area contributed by atoms with E-state index >= 15 is 0 Å². The van der Waals surface area contributed by atoms with Crippen LogP contribution in [0.3, 0.4) is 0 Å². The maximum absolute atomic E-state index is 11.6. The number of esters is 1. The molecule has 0 saturated heterocycles. The zero-order chi connectivity index (χ0) is 23.5. The number of unbranched alkanes of at least 4 members (excludes halogenated alkanes) is 1. The highest BCUT2D eigenvalue weighted by Crippen LogP contribution is 2.35. The summed E-state index contributed by atoms with van der Waals surface area (Å²) in [5, 5.41) is 10.9. The highest BCUT2D eigenvalue weighted by atomic mass is 35.5. The molecule has 0 bridgehead atoms. The zero-order valence-electron chi connectivity index (χ0n) is 19.0. The molecule has 0 unspecified atom stereocenters. The predicted octanol–water partition coefficient (Wildman–Crippen LogP) is 4.97. The van der Waals surface area contributed by atoms with Gasteiger partial charge in [-0.15, -0.1) is 5.11 Å². The number of halogens is 1. The first-order chi connectivity index (χ1) is 15.4. The van der Waals surface area contributed by atoms with Crippen molar-refractivity contribution in [2.75, 3.05) is 31.2 Å². The number of aromatic nitrogens is 2. The molecule has 0 atom stereocenters. The van der Waals surface area contributed by atoms with Crippen molar-refractivity contribution in [3.8, 4) is 11.1 Å². The average molecular weight is 462 g/mol. The summed E-state index contributed by atoms with van der Waals surface area (Å²) in [7, 11) is 0. The van der Waals surface area contributed by atoms with Crippen LogP contribution in [-0.4, -0.2) is 40.6 Å². The van der Waals surface area contributed by atoms with Crippen LogP contribution in [0, 0.1) is 0 Å². The Morgan fingerprint density at radius 3 is 2.62 bits per heavy atom. The van der Waals surface area contributed by atoms with Gasteiger partial charge in [0, 0.05) is 18.5 Å². The third kappa shape index (κ3) is 7.33. The normalized spacial score (nSPS) is 11.1. The van der Waals surface area contributed by atoms with Gasteiger partial charge in [0.25, 0.3) is 0 Å². The van der Waals surface area contributed by atoms with Crippen molar-refractivity contribution in [3.63, 3.8) is 0 Å². The van der Waals surface area contributed by atoms with Crippen molar-refractivity contribution in [1.82, 2.24) is 15.0 Å². The minimum atomic E-state index is -0.203. The molecule has 174 valence electrons. The van der Waals surface area contributed by atoms with Crippen LogP contribution >= 0.6 is 11.6 Å². The molecule has 0 aliphatic carbocycles. The summed E-state index contributed by atoms with van der Waals surface area (Å²) in [6, 6.07) is 5.38. The summed E-state index contributed by atoms with van der Waals surface area (Å²) in [4.78, 5) is 20.0. The zero-order valence-corrected chi connectivity index (χ0v) is 19.7. The summed E-state index contributed by atoms with van der Waals surface area (Å²) in [6.45, 7) is 7.42. The van der Waals surface area contributed by atoms with E-state index in [2.05, 4.69) is 27.2 Å². The first-order valence-corrected chi connectivity index (χ1v) is 11.3. The van der Waals surface area contributed by atoms with Crippen LogP contribution in [0.2, 0.25) is 5.02 Å². The van der Waals surface area contributed by atoms with E-state index in [1.54, 1.807) is 17.1 Å². The fourth-order valence-electron chi connectivity index (χ4n) is 3.06.